The first-order valence-corrected chi connectivity index (χ1v) is 18.7. The van der Waals surface area contributed by atoms with Crippen molar-refractivity contribution in [2.45, 2.75) is 229 Å². The minimum absolute atomic E-state index is 0. The average Bonchev–Trinajstić information content (AvgIpc) is 2.97. The zero-order valence-corrected chi connectivity index (χ0v) is 30.7. The summed E-state index contributed by atoms with van der Waals surface area (Å²) in [5.74, 6) is 0. The van der Waals surface area contributed by atoms with Gasteiger partial charge in [-0.1, -0.05) is 222 Å². The second-order valence-corrected chi connectivity index (χ2v) is 11.2. The molecule has 0 saturated heterocycles. The Morgan fingerprint density at radius 3 is 0.700 bits per heavy atom. The summed E-state index contributed by atoms with van der Waals surface area (Å²) in [5.41, 5.74) is 6.33. The summed E-state index contributed by atoms with van der Waals surface area (Å²) in [6.45, 7) is 19.5. The summed E-state index contributed by atoms with van der Waals surface area (Å²) in [5, 5.41) is 0. The smallest absolute Gasteiger partial charge is 0.00997 e. The molecule has 0 aliphatic rings. The van der Waals surface area contributed by atoms with Crippen molar-refractivity contribution in [2.75, 3.05) is 13.1 Å². The second-order valence-electron chi connectivity index (χ2n) is 11.2. The Hall–Kier alpha value is 0.210. The van der Waals surface area contributed by atoms with Crippen LogP contribution < -0.4 is 10.9 Å². The van der Waals surface area contributed by atoms with Crippen LogP contribution in [0.4, 0.5) is 0 Å². The lowest BCUT2D eigenvalue weighted by Crippen LogP contribution is -2.31. The number of hydrogen-bond donors (Lipinski definition) is 2. The lowest BCUT2D eigenvalue weighted by molar-refractivity contribution is 0.507. The average molecular weight is 594 g/mol. The lowest BCUT2D eigenvalue weighted by Gasteiger charge is -2.04. The molecule has 40 heavy (non-hydrogen) atoms. The Kier molecular flexibility index (Phi) is 73.3. The third-order valence-electron chi connectivity index (χ3n) is 7.16. The predicted octanol–water partition coefficient (Wildman–Crippen LogP) is 14.2. The molecule has 0 rings (SSSR count). The van der Waals surface area contributed by atoms with Gasteiger partial charge in [-0.15, -0.1) is 12.4 Å². The van der Waals surface area contributed by atoms with Crippen LogP contribution in [-0.4, -0.2) is 13.1 Å². The fourth-order valence-electron chi connectivity index (χ4n) is 4.36. The van der Waals surface area contributed by atoms with Crippen LogP contribution >= 0.6 is 12.4 Å². The zero-order valence-electron chi connectivity index (χ0n) is 29.9. The number of halogens is 1. The van der Waals surface area contributed by atoms with Crippen LogP contribution in [0.2, 0.25) is 0 Å². The largest absolute Gasteiger partial charge is 0.258 e. The van der Waals surface area contributed by atoms with E-state index in [0.717, 1.165) is 13.1 Å². The number of rotatable bonds is 28. The predicted molar refractivity (Wildman–Crippen MR) is 193 cm³/mol. The first-order chi connectivity index (χ1) is 19.2. The molecule has 0 atom stereocenters. The molecule has 2 nitrogen and oxygen atoms in total. The summed E-state index contributed by atoms with van der Waals surface area (Å²) in [6.07, 6.45) is 38.7. The molecule has 0 aliphatic heterocycles. The fraction of sp³-hybridized carbons (Fsp3) is 1.00. The highest BCUT2D eigenvalue weighted by atomic mass is 35.5. The SMILES string of the molecule is CC.CCCC.CCCCCCCCCCCCCCCCCC.CCCCCCCCCCCNNCC.Cl. The van der Waals surface area contributed by atoms with Gasteiger partial charge in [0.15, 0.2) is 0 Å². The molecule has 0 radical (unpaired) electrons. The van der Waals surface area contributed by atoms with Crippen molar-refractivity contribution in [3.05, 3.63) is 0 Å². The van der Waals surface area contributed by atoms with Crippen molar-refractivity contribution < 1.29 is 0 Å². The molecule has 0 aliphatic carbocycles. The van der Waals surface area contributed by atoms with Crippen molar-refractivity contribution in [2.24, 2.45) is 0 Å². The van der Waals surface area contributed by atoms with E-state index in [1.807, 2.05) is 13.8 Å². The van der Waals surface area contributed by atoms with Gasteiger partial charge in [0.05, 0.1) is 0 Å². The van der Waals surface area contributed by atoms with E-state index >= 15 is 0 Å². The Bertz CT molecular complexity index is 295. The molecule has 0 saturated carbocycles. The van der Waals surface area contributed by atoms with Crippen molar-refractivity contribution in [3.8, 4) is 0 Å². The Morgan fingerprint density at radius 1 is 0.275 bits per heavy atom. The van der Waals surface area contributed by atoms with Gasteiger partial charge >= 0.3 is 0 Å². The van der Waals surface area contributed by atoms with Crippen molar-refractivity contribution in [1.29, 1.82) is 0 Å². The number of hydrogen-bond acceptors (Lipinski definition) is 2. The quantitative estimate of drug-likeness (QED) is 0.0697. The monoisotopic (exact) mass is 593 g/mol. The standard InChI is InChI=1S/C18H38.C13H30N2.C4H10.C2H6.ClH/c1-3-5-7-9-11-13-15-17-18-16-14-12-10-8-6-4-2;1-3-5-6-7-8-9-10-11-12-13-15-14-4-2;1-3-4-2;1-2;/h3-18H2,1-2H3;14-15H,3-13H2,1-2H3;3-4H2,1-2H3;1-2H3;1H. The highest BCUT2D eigenvalue weighted by molar-refractivity contribution is 5.85. The van der Waals surface area contributed by atoms with Crippen LogP contribution in [-0.2, 0) is 0 Å². The maximum Gasteiger partial charge on any atom is 0.00997 e. The van der Waals surface area contributed by atoms with Crippen LogP contribution in [0.15, 0.2) is 0 Å². The Morgan fingerprint density at radius 2 is 0.500 bits per heavy atom. The second kappa shape index (κ2) is 58.8. The molecule has 0 aromatic heterocycles. The first-order valence-electron chi connectivity index (χ1n) is 18.7. The van der Waals surface area contributed by atoms with E-state index in [2.05, 4.69) is 52.4 Å². The van der Waals surface area contributed by atoms with Crippen LogP contribution in [0, 0.1) is 0 Å². The molecule has 0 amide bonds. The van der Waals surface area contributed by atoms with Crippen molar-refractivity contribution in [3.63, 3.8) is 0 Å². The highest BCUT2D eigenvalue weighted by Crippen LogP contribution is 2.13. The van der Waals surface area contributed by atoms with Gasteiger partial charge in [-0.05, 0) is 6.42 Å². The van der Waals surface area contributed by atoms with Gasteiger partial charge in [0.1, 0.15) is 0 Å². The molecule has 0 bridgehead atoms. The molecule has 0 heterocycles. The van der Waals surface area contributed by atoms with E-state index in [4.69, 9.17) is 0 Å². The third kappa shape index (κ3) is 66.5. The van der Waals surface area contributed by atoms with E-state index in [1.54, 1.807) is 0 Å². The maximum absolute atomic E-state index is 3.20. The molecule has 0 spiro atoms. The van der Waals surface area contributed by atoms with Gasteiger partial charge < -0.3 is 0 Å². The summed E-state index contributed by atoms with van der Waals surface area (Å²) in [7, 11) is 0. The fourth-order valence-corrected chi connectivity index (χ4v) is 4.36. The first kappa shape index (κ1) is 49.9. The minimum atomic E-state index is 0. The number of unbranched alkanes of at least 4 members (excludes halogenated alkanes) is 24. The summed E-state index contributed by atoms with van der Waals surface area (Å²) >= 11 is 0. The van der Waals surface area contributed by atoms with Crippen LogP contribution in [0.1, 0.15) is 229 Å². The summed E-state index contributed by atoms with van der Waals surface area (Å²) in [6, 6.07) is 0. The molecule has 3 heteroatoms. The summed E-state index contributed by atoms with van der Waals surface area (Å²) in [4.78, 5) is 0. The Labute approximate surface area is 264 Å². The maximum atomic E-state index is 3.20. The van der Waals surface area contributed by atoms with E-state index in [0.29, 0.717) is 0 Å². The molecule has 0 aromatic carbocycles. The molecule has 0 fully saturated rings. The van der Waals surface area contributed by atoms with Crippen LogP contribution in [0.5, 0.6) is 0 Å². The molecular weight excluding hydrogens is 508 g/mol. The van der Waals surface area contributed by atoms with Crippen molar-refractivity contribution in [1.82, 2.24) is 10.9 Å². The summed E-state index contributed by atoms with van der Waals surface area (Å²) < 4.78 is 0. The van der Waals surface area contributed by atoms with Crippen LogP contribution in [0.3, 0.4) is 0 Å². The molecule has 250 valence electrons. The third-order valence-corrected chi connectivity index (χ3v) is 7.16. The molecular formula is C37H85ClN2. The van der Waals surface area contributed by atoms with Gasteiger partial charge in [-0.2, -0.15) is 0 Å². The molecule has 0 aromatic rings. The highest BCUT2D eigenvalue weighted by Gasteiger charge is 1.94. The van der Waals surface area contributed by atoms with Crippen LogP contribution in [0.25, 0.3) is 0 Å². The zero-order chi connectivity index (χ0) is 29.9. The number of hydrazine groups is 1. The lowest BCUT2D eigenvalue weighted by atomic mass is 10.0. The van der Waals surface area contributed by atoms with Gasteiger partial charge in [0.25, 0.3) is 0 Å². The Balaban J connectivity index is -0.000000168. The van der Waals surface area contributed by atoms with E-state index in [1.165, 1.54) is 173 Å². The molecule has 0 unspecified atom stereocenters. The van der Waals surface area contributed by atoms with Gasteiger partial charge in [-0.3, -0.25) is 10.9 Å². The minimum Gasteiger partial charge on any atom is -0.258 e. The van der Waals surface area contributed by atoms with E-state index in [-0.39, 0.29) is 12.4 Å². The topological polar surface area (TPSA) is 24.1 Å². The van der Waals surface area contributed by atoms with Crippen molar-refractivity contribution >= 4 is 12.4 Å². The van der Waals surface area contributed by atoms with Gasteiger partial charge in [0, 0.05) is 13.1 Å². The van der Waals surface area contributed by atoms with Gasteiger partial charge in [0.2, 0.25) is 0 Å². The molecule has 2 N–H and O–H groups in total. The number of nitrogens with one attached hydrogen (secondary N) is 2. The van der Waals surface area contributed by atoms with E-state index in [9.17, 15) is 0 Å². The van der Waals surface area contributed by atoms with E-state index < -0.39 is 0 Å². The normalized spacial score (nSPS) is 9.90. The van der Waals surface area contributed by atoms with Gasteiger partial charge in [-0.25, -0.2) is 0 Å².